The number of carbonyl (C=O) groups excluding carboxylic acids is 1. The Bertz CT molecular complexity index is 1020. The second-order valence-corrected chi connectivity index (χ2v) is 8.75. The fraction of sp³-hybridized carbons (Fsp3) is 0.381. The lowest BCUT2D eigenvalue weighted by molar-refractivity contribution is 0.0383. The summed E-state index contributed by atoms with van der Waals surface area (Å²) in [5.41, 5.74) is 1.70. The number of morpholine rings is 1. The van der Waals surface area contributed by atoms with Gasteiger partial charge in [-0.3, -0.25) is 9.69 Å². The van der Waals surface area contributed by atoms with Crippen LogP contribution in [0.2, 0.25) is 5.28 Å². The van der Waals surface area contributed by atoms with Crippen LogP contribution in [-0.4, -0.2) is 60.2 Å². The highest BCUT2D eigenvalue weighted by atomic mass is 35.5. The van der Waals surface area contributed by atoms with Crippen LogP contribution in [0.25, 0.3) is 10.2 Å². The van der Waals surface area contributed by atoms with Crippen LogP contribution in [0.1, 0.15) is 20.8 Å². The molecule has 1 aliphatic rings. The number of benzene rings is 1. The lowest BCUT2D eigenvalue weighted by atomic mass is 10.1. The van der Waals surface area contributed by atoms with Gasteiger partial charge in [-0.25, -0.2) is 9.97 Å². The van der Waals surface area contributed by atoms with E-state index in [-0.39, 0.29) is 11.2 Å². The molecule has 0 saturated carbocycles. The van der Waals surface area contributed by atoms with Gasteiger partial charge in [0.05, 0.1) is 18.6 Å². The summed E-state index contributed by atoms with van der Waals surface area (Å²) in [7, 11) is 0. The number of amides is 1. The zero-order chi connectivity index (χ0) is 20.9. The third-order valence-corrected chi connectivity index (χ3v) is 6.10. The molecule has 9 heteroatoms. The molecule has 0 bridgehead atoms. The fourth-order valence-electron chi connectivity index (χ4n) is 3.36. The highest BCUT2D eigenvalue weighted by molar-refractivity contribution is 7.18. The van der Waals surface area contributed by atoms with E-state index < -0.39 is 0 Å². The van der Waals surface area contributed by atoms with Gasteiger partial charge >= 0.3 is 0 Å². The Balaban J connectivity index is 1.31. The Morgan fingerprint density at radius 2 is 2.00 bits per heavy atom. The van der Waals surface area contributed by atoms with Crippen molar-refractivity contribution in [1.29, 1.82) is 0 Å². The van der Waals surface area contributed by atoms with Gasteiger partial charge in [-0.15, -0.1) is 11.3 Å². The number of anilines is 1. The van der Waals surface area contributed by atoms with E-state index >= 15 is 0 Å². The fourth-order valence-corrected chi connectivity index (χ4v) is 4.46. The largest absolute Gasteiger partial charge is 0.379 e. The quantitative estimate of drug-likeness (QED) is 0.543. The molecule has 1 fully saturated rings. The van der Waals surface area contributed by atoms with E-state index in [2.05, 4.69) is 31.6 Å². The summed E-state index contributed by atoms with van der Waals surface area (Å²) in [6.45, 7) is 7.47. The molecule has 1 aliphatic heterocycles. The predicted octanol–water partition coefficient (Wildman–Crippen LogP) is 3.33. The second kappa shape index (κ2) is 9.70. The van der Waals surface area contributed by atoms with Gasteiger partial charge in [0.15, 0.2) is 0 Å². The van der Waals surface area contributed by atoms with E-state index in [1.54, 1.807) is 11.3 Å². The van der Waals surface area contributed by atoms with Crippen LogP contribution >= 0.6 is 22.9 Å². The van der Waals surface area contributed by atoms with Crippen molar-refractivity contribution in [2.45, 2.75) is 13.5 Å². The number of nitrogens with one attached hydrogen (secondary N) is 2. The molecule has 30 heavy (non-hydrogen) atoms. The van der Waals surface area contributed by atoms with Crippen molar-refractivity contribution in [2.24, 2.45) is 0 Å². The average Bonchev–Trinajstić information content (AvgIpc) is 3.13. The molecule has 0 radical (unpaired) electrons. The Hall–Kier alpha value is -2.26. The molecule has 1 saturated heterocycles. The van der Waals surface area contributed by atoms with Crippen LogP contribution in [0.5, 0.6) is 0 Å². The summed E-state index contributed by atoms with van der Waals surface area (Å²) in [4.78, 5) is 25.3. The number of nitrogens with zero attached hydrogens (tertiary/aromatic N) is 3. The van der Waals surface area contributed by atoms with Crippen LogP contribution in [-0.2, 0) is 11.3 Å². The molecule has 2 N–H and O–H groups in total. The number of hydrogen-bond donors (Lipinski definition) is 2. The molecule has 0 atom stereocenters. The Morgan fingerprint density at radius 1 is 1.23 bits per heavy atom. The molecule has 0 unspecified atom stereocenters. The molecule has 4 rings (SSSR count). The summed E-state index contributed by atoms with van der Waals surface area (Å²) in [5.74, 6) is 0.667. The Morgan fingerprint density at radius 3 is 2.77 bits per heavy atom. The summed E-state index contributed by atoms with van der Waals surface area (Å²) >= 11 is 7.65. The minimum atomic E-state index is -0.0548. The monoisotopic (exact) mass is 445 g/mol. The van der Waals surface area contributed by atoms with Crippen LogP contribution in [0.4, 0.5) is 5.82 Å². The van der Waals surface area contributed by atoms with Gasteiger partial charge < -0.3 is 15.4 Å². The first-order valence-corrected chi connectivity index (χ1v) is 11.1. The number of thiophene rings is 1. The SMILES string of the molecule is Cc1cc2c(NCc3ccc(C(=O)NCCN4CCOCC4)cc3)nc(Cl)nc2s1. The first-order chi connectivity index (χ1) is 14.6. The van der Waals surface area contributed by atoms with E-state index in [0.29, 0.717) is 18.7 Å². The molecule has 1 aromatic carbocycles. The van der Waals surface area contributed by atoms with Crippen molar-refractivity contribution in [2.75, 3.05) is 44.7 Å². The Labute approximate surface area is 184 Å². The minimum Gasteiger partial charge on any atom is -0.379 e. The number of halogens is 1. The molecular weight excluding hydrogens is 422 g/mol. The van der Waals surface area contributed by atoms with Gasteiger partial charge in [0.1, 0.15) is 10.6 Å². The zero-order valence-electron chi connectivity index (χ0n) is 16.8. The number of aromatic nitrogens is 2. The van der Waals surface area contributed by atoms with Crippen molar-refractivity contribution in [3.8, 4) is 0 Å². The molecule has 0 spiro atoms. The number of rotatable bonds is 7. The Kier molecular flexibility index (Phi) is 6.79. The standard InChI is InChI=1S/C21H24ClN5O2S/c1-14-12-17-18(25-21(22)26-20(17)30-14)24-13-15-2-4-16(5-3-15)19(28)23-6-7-27-8-10-29-11-9-27/h2-5,12H,6-11,13H2,1H3,(H,23,28)(H,24,25,26). The maximum absolute atomic E-state index is 12.4. The number of hydrogen-bond acceptors (Lipinski definition) is 7. The number of fused-ring (bicyclic) bond motifs is 1. The number of aryl methyl sites for hydroxylation is 1. The van der Waals surface area contributed by atoms with Crippen molar-refractivity contribution < 1.29 is 9.53 Å². The number of ether oxygens (including phenoxy) is 1. The van der Waals surface area contributed by atoms with Crippen molar-refractivity contribution in [3.63, 3.8) is 0 Å². The predicted molar refractivity (Wildman–Crippen MR) is 121 cm³/mol. The van der Waals surface area contributed by atoms with Gasteiger partial charge in [-0.2, -0.15) is 0 Å². The maximum Gasteiger partial charge on any atom is 0.251 e. The highest BCUT2D eigenvalue weighted by Gasteiger charge is 2.12. The first kappa shape index (κ1) is 21.0. The molecule has 7 nitrogen and oxygen atoms in total. The molecule has 3 aromatic rings. The molecule has 158 valence electrons. The van der Waals surface area contributed by atoms with Gasteiger partial charge in [-0.1, -0.05) is 12.1 Å². The number of carbonyl (C=O) groups is 1. The van der Waals surface area contributed by atoms with Crippen LogP contribution in [0.15, 0.2) is 30.3 Å². The molecule has 3 heterocycles. The molecular formula is C21H24ClN5O2S. The summed E-state index contributed by atoms with van der Waals surface area (Å²) in [5, 5.41) is 7.52. The van der Waals surface area contributed by atoms with Gasteiger partial charge in [0, 0.05) is 43.2 Å². The van der Waals surface area contributed by atoms with Gasteiger partial charge in [0.2, 0.25) is 5.28 Å². The normalized spacial score (nSPS) is 14.7. The highest BCUT2D eigenvalue weighted by Crippen LogP contribution is 2.29. The topological polar surface area (TPSA) is 79.4 Å². The van der Waals surface area contributed by atoms with Gasteiger partial charge in [-0.05, 0) is 42.3 Å². The third-order valence-electron chi connectivity index (χ3n) is 4.98. The van der Waals surface area contributed by atoms with E-state index in [4.69, 9.17) is 16.3 Å². The summed E-state index contributed by atoms with van der Waals surface area (Å²) < 4.78 is 5.34. The molecule has 0 aliphatic carbocycles. The van der Waals surface area contributed by atoms with E-state index in [9.17, 15) is 4.79 Å². The molecule has 2 aromatic heterocycles. The zero-order valence-corrected chi connectivity index (χ0v) is 18.4. The maximum atomic E-state index is 12.4. The molecule has 1 amide bonds. The smallest absolute Gasteiger partial charge is 0.251 e. The van der Waals surface area contributed by atoms with Crippen molar-refractivity contribution >= 4 is 44.9 Å². The van der Waals surface area contributed by atoms with Crippen LogP contribution in [0, 0.1) is 6.92 Å². The van der Waals surface area contributed by atoms with Crippen LogP contribution in [0.3, 0.4) is 0 Å². The first-order valence-electron chi connectivity index (χ1n) is 9.93. The van der Waals surface area contributed by atoms with Gasteiger partial charge in [0.25, 0.3) is 5.91 Å². The van der Waals surface area contributed by atoms with E-state index in [1.165, 1.54) is 0 Å². The average molecular weight is 446 g/mol. The van der Waals surface area contributed by atoms with Crippen LogP contribution < -0.4 is 10.6 Å². The van der Waals surface area contributed by atoms with E-state index in [0.717, 1.165) is 59.3 Å². The third kappa shape index (κ3) is 5.26. The minimum absolute atomic E-state index is 0.0548. The second-order valence-electron chi connectivity index (χ2n) is 7.18. The lowest BCUT2D eigenvalue weighted by Crippen LogP contribution is -2.41. The lowest BCUT2D eigenvalue weighted by Gasteiger charge is -2.26. The van der Waals surface area contributed by atoms with Crippen molar-refractivity contribution in [3.05, 3.63) is 51.6 Å². The van der Waals surface area contributed by atoms with Crippen molar-refractivity contribution in [1.82, 2.24) is 20.2 Å². The van der Waals surface area contributed by atoms with E-state index in [1.807, 2.05) is 31.2 Å². The summed E-state index contributed by atoms with van der Waals surface area (Å²) in [6, 6.07) is 9.64. The summed E-state index contributed by atoms with van der Waals surface area (Å²) in [6.07, 6.45) is 0.